The van der Waals surface area contributed by atoms with Gasteiger partial charge >= 0.3 is 18.2 Å². The molecule has 0 radical (unpaired) electrons. The lowest BCUT2D eigenvalue weighted by molar-refractivity contribution is -0.137. The van der Waals surface area contributed by atoms with Crippen molar-refractivity contribution in [1.29, 1.82) is 0 Å². The lowest BCUT2D eigenvalue weighted by atomic mass is 10.1. The Morgan fingerprint density at radius 3 is 1.74 bits per heavy atom. The standard InChI is InChI=1S/C23H32N2O6/c1-8-29-19(26)12-10-9-11-16-13-17(24-20(27)30-22(2,3)4)15-18(14-16)25-21(28)31-23(5,6)7/h9-15H,8H2,1-7H3,(H,24,27)(H,25,28). The maximum absolute atomic E-state index is 12.1. The highest BCUT2D eigenvalue weighted by atomic mass is 16.6. The summed E-state index contributed by atoms with van der Waals surface area (Å²) in [6.07, 6.45) is 4.92. The molecule has 0 aliphatic carbocycles. The molecule has 8 nitrogen and oxygen atoms in total. The van der Waals surface area contributed by atoms with Crippen molar-refractivity contribution in [2.45, 2.75) is 59.7 Å². The fourth-order valence-corrected chi connectivity index (χ4v) is 2.23. The second-order valence-electron chi connectivity index (χ2n) is 8.57. The first kappa shape index (κ1) is 25.7. The molecule has 2 amide bonds. The average molecular weight is 433 g/mol. The van der Waals surface area contributed by atoms with Crippen LogP contribution in [-0.2, 0) is 19.0 Å². The number of anilines is 2. The van der Waals surface area contributed by atoms with Crippen LogP contribution in [0.15, 0.2) is 36.4 Å². The predicted molar refractivity (Wildman–Crippen MR) is 121 cm³/mol. The number of esters is 1. The van der Waals surface area contributed by atoms with E-state index in [1.54, 1.807) is 78.8 Å². The van der Waals surface area contributed by atoms with Gasteiger partial charge in [-0.3, -0.25) is 10.6 Å². The van der Waals surface area contributed by atoms with Gasteiger partial charge in [-0.2, -0.15) is 0 Å². The van der Waals surface area contributed by atoms with E-state index in [9.17, 15) is 14.4 Å². The number of amides is 2. The minimum absolute atomic E-state index is 0.297. The van der Waals surface area contributed by atoms with Gasteiger partial charge in [0.25, 0.3) is 0 Å². The third-order valence-corrected chi connectivity index (χ3v) is 3.16. The van der Waals surface area contributed by atoms with Gasteiger partial charge in [0.15, 0.2) is 0 Å². The Balaban J connectivity index is 3.07. The SMILES string of the molecule is CCOC(=O)C=CC=Cc1cc(NC(=O)OC(C)(C)C)cc(NC(=O)OC(C)(C)C)c1. The summed E-state index contributed by atoms with van der Waals surface area (Å²) in [5.41, 5.74) is 0.176. The second kappa shape index (κ2) is 11.2. The molecule has 2 N–H and O–H groups in total. The Hall–Kier alpha value is -3.29. The molecule has 0 saturated heterocycles. The summed E-state index contributed by atoms with van der Waals surface area (Å²) in [4.78, 5) is 35.6. The molecule has 0 atom stereocenters. The molecule has 0 heterocycles. The number of allylic oxidation sites excluding steroid dienone is 2. The maximum atomic E-state index is 12.1. The van der Waals surface area contributed by atoms with Crippen molar-refractivity contribution in [3.63, 3.8) is 0 Å². The molecule has 0 aromatic heterocycles. The summed E-state index contributed by atoms with van der Waals surface area (Å²) in [5.74, 6) is -0.445. The largest absolute Gasteiger partial charge is 0.463 e. The Labute approximate surface area is 183 Å². The number of benzene rings is 1. The van der Waals surface area contributed by atoms with Gasteiger partial charge in [0, 0.05) is 17.5 Å². The van der Waals surface area contributed by atoms with Crippen LogP contribution >= 0.6 is 0 Å². The van der Waals surface area contributed by atoms with Crippen molar-refractivity contribution >= 4 is 35.6 Å². The summed E-state index contributed by atoms with van der Waals surface area (Å²) in [5, 5.41) is 5.29. The van der Waals surface area contributed by atoms with Crippen LogP contribution in [-0.4, -0.2) is 36.0 Å². The van der Waals surface area contributed by atoms with E-state index in [1.807, 2.05) is 0 Å². The summed E-state index contributed by atoms with van der Waals surface area (Å²) in [6.45, 7) is 12.6. The van der Waals surface area contributed by atoms with Crippen molar-refractivity contribution in [2.24, 2.45) is 0 Å². The van der Waals surface area contributed by atoms with E-state index in [-0.39, 0.29) is 0 Å². The Morgan fingerprint density at radius 2 is 1.32 bits per heavy atom. The zero-order valence-electron chi connectivity index (χ0n) is 19.2. The van der Waals surface area contributed by atoms with E-state index in [0.717, 1.165) is 0 Å². The molecule has 0 saturated carbocycles. The van der Waals surface area contributed by atoms with Crippen molar-refractivity contribution in [2.75, 3.05) is 17.2 Å². The molecule has 0 bridgehead atoms. The number of carbonyl (C=O) groups is 3. The summed E-state index contributed by atoms with van der Waals surface area (Å²) in [6, 6.07) is 4.97. The Kier molecular flexibility index (Phi) is 9.30. The normalized spacial score (nSPS) is 12.0. The van der Waals surface area contributed by atoms with Crippen LogP contribution in [0.1, 0.15) is 54.0 Å². The zero-order valence-corrected chi connectivity index (χ0v) is 19.2. The molecular weight excluding hydrogens is 400 g/mol. The van der Waals surface area contributed by atoms with Crippen LogP contribution in [0, 0.1) is 0 Å². The molecule has 8 heteroatoms. The first-order chi connectivity index (χ1) is 14.3. The minimum atomic E-state index is -0.656. The van der Waals surface area contributed by atoms with Crippen molar-refractivity contribution in [3.05, 3.63) is 42.0 Å². The molecule has 1 aromatic carbocycles. The van der Waals surface area contributed by atoms with Gasteiger partial charge in [0.1, 0.15) is 11.2 Å². The molecule has 31 heavy (non-hydrogen) atoms. The topological polar surface area (TPSA) is 103 Å². The molecule has 170 valence electrons. The van der Waals surface area contributed by atoms with Crippen molar-refractivity contribution in [1.82, 2.24) is 0 Å². The first-order valence-electron chi connectivity index (χ1n) is 9.94. The molecule has 1 aromatic rings. The van der Waals surface area contributed by atoms with Gasteiger partial charge < -0.3 is 14.2 Å². The molecule has 0 aliphatic heterocycles. The van der Waals surface area contributed by atoms with Crippen LogP contribution in [0.3, 0.4) is 0 Å². The van der Waals surface area contributed by atoms with E-state index in [2.05, 4.69) is 10.6 Å². The number of hydrogen-bond acceptors (Lipinski definition) is 6. The van der Waals surface area contributed by atoms with Crippen LogP contribution in [0.2, 0.25) is 0 Å². The number of rotatable bonds is 6. The van der Waals surface area contributed by atoms with E-state index >= 15 is 0 Å². The van der Waals surface area contributed by atoms with Gasteiger partial charge in [0.05, 0.1) is 6.61 Å². The van der Waals surface area contributed by atoms with E-state index in [0.29, 0.717) is 23.5 Å². The minimum Gasteiger partial charge on any atom is -0.463 e. The highest BCUT2D eigenvalue weighted by Crippen LogP contribution is 2.22. The fraction of sp³-hybridized carbons (Fsp3) is 0.435. The van der Waals surface area contributed by atoms with Gasteiger partial charge in [0.2, 0.25) is 0 Å². The van der Waals surface area contributed by atoms with Crippen molar-refractivity contribution < 1.29 is 28.6 Å². The molecule has 0 unspecified atom stereocenters. The third kappa shape index (κ3) is 12.1. The first-order valence-corrected chi connectivity index (χ1v) is 9.94. The average Bonchev–Trinajstić information content (AvgIpc) is 2.55. The Bertz CT molecular complexity index is 796. The van der Waals surface area contributed by atoms with Crippen LogP contribution in [0.25, 0.3) is 6.08 Å². The van der Waals surface area contributed by atoms with E-state index in [4.69, 9.17) is 14.2 Å². The lowest BCUT2D eigenvalue weighted by Gasteiger charge is -2.21. The lowest BCUT2D eigenvalue weighted by Crippen LogP contribution is -2.28. The summed E-state index contributed by atoms with van der Waals surface area (Å²) >= 11 is 0. The number of hydrogen-bond donors (Lipinski definition) is 2. The second-order valence-corrected chi connectivity index (χ2v) is 8.57. The molecule has 0 fully saturated rings. The van der Waals surface area contributed by atoms with Gasteiger partial charge in [-0.05, 0) is 72.2 Å². The Morgan fingerprint density at radius 1 is 0.839 bits per heavy atom. The highest BCUT2D eigenvalue weighted by Gasteiger charge is 2.18. The van der Waals surface area contributed by atoms with E-state index in [1.165, 1.54) is 12.2 Å². The quantitative estimate of drug-likeness (QED) is 0.266. The summed E-state index contributed by atoms with van der Waals surface area (Å²) < 4.78 is 15.4. The maximum Gasteiger partial charge on any atom is 0.412 e. The monoisotopic (exact) mass is 432 g/mol. The van der Waals surface area contributed by atoms with E-state index < -0.39 is 29.4 Å². The zero-order chi connectivity index (χ0) is 23.7. The van der Waals surface area contributed by atoms with Gasteiger partial charge in [-0.1, -0.05) is 18.2 Å². The molecule has 0 spiro atoms. The van der Waals surface area contributed by atoms with Crippen LogP contribution in [0.4, 0.5) is 21.0 Å². The number of nitrogens with one attached hydrogen (secondary N) is 2. The fourth-order valence-electron chi connectivity index (χ4n) is 2.23. The third-order valence-electron chi connectivity index (χ3n) is 3.16. The summed E-state index contributed by atoms with van der Waals surface area (Å²) in [7, 11) is 0. The highest BCUT2D eigenvalue weighted by molar-refractivity contribution is 5.90. The predicted octanol–water partition coefficient (Wildman–Crippen LogP) is 5.51. The van der Waals surface area contributed by atoms with Gasteiger partial charge in [-0.25, -0.2) is 14.4 Å². The smallest absolute Gasteiger partial charge is 0.412 e. The van der Waals surface area contributed by atoms with Crippen LogP contribution in [0.5, 0.6) is 0 Å². The molecular formula is C23H32N2O6. The molecule has 0 aliphatic rings. The number of ether oxygens (including phenoxy) is 3. The number of carbonyl (C=O) groups excluding carboxylic acids is 3. The van der Waals surface area contributed by atoms with Crippen molar-refractivity contribution in [3.8, 4) is 0 Å². The molecule has 1 rings (SSSR count). The van der Waals surface area contributed by atoms with Gasteiger partial charge in [-0.15, -0.1) is 0 Å². The van der Waals surface area contributed by atoms with Crippen LogP contribution < -0.4 is 10.6 Å².